The Morgan fingerprint density at radius 3 is 2.50 bits per heavy atom. The highest BCUT2D eigenvalue weighted by Gasteiger charge is 2.13. The van der Waals surface area contributed by atoms with Crippen LogP contribution in [0.15, 0.2) is 36.4 Å². The lowest BCUT2D eigenvalue weighted by atomic mass is 10.2. The fourth-order valence-electron chi connectivity index (χ4n) is 1.51. The van der Waals surface area contributed by atoms with Crippen LogP contribution in [0.2, 0.25) is 5.02 Å². The average Bonchev–Trinajstić information content (AvgIpc) is 2.42. The fourth-order valence-corrected chi connectivity index (χ4v) is 2.11. The first-order valence-corrected chi connectivity index (χ1v) is 6.97. The summed E-state index contributed by atoms with van der Waals surface area (Å²) < 4.78 is 19.0. The van der Waals surface area contributed by atoms with Gasteiger partial charge in [-0.1, -0.05) is 33.6 Å². The molecule has 0 saturated carbocycles. The van der Waals surface area contributed by atoms with Gasteiger partial charge in [-0.15, -0.1) is 0 Å². The first kappa shape index (κ1) is 14.7. The average molecular weight is 361 g/mol. The number of benzene rings is 2. The molecule has 0 aliphatic rings. The van der Waals surface area contributed by atoms with E-state index in [1.54, 1.807) is 18.2 Å². The van der Waals surface area contributed by atoms with Crippen LogP contribution in [-0.4, -0.2) is 4.92 Å². The van der Waals surface area contributed by atoms with E-state index in [0.29, 0.717) is 10.4 Å². The molecule has 104 valence electrons. The van der Waals surface area contributed by atoms with Crippen molar-refractivity contribution in [2.45, 2.75) is 5.33 Å². The molecule has 2 aromatic carbocycles. The first-order valence-electron chi connectivity index (χ1n) is 5.47. The molecule has 0 heterocycles. The van der Waals surface area contributed by atoms with Crippen molar-refractivity contribution in [1.82, 2.24) is 0 Å². The van der Waals surface area contributed by atoms with Gasteiger partial charge in [0.2, 0.25) is 0 Å². The highest BCUT2D eigenvalue weighted by Crippen LogP contribution is 2.33. The Balaban J connectivity index is 2.28. The molecule has 2 aromatic rings. The van der Waals surface area contributed by atoms with Crippen LogP contribution in [0, 0.1) is 15.9 Å². The molecule has 0 unspecified atom stereocenters. The highest BCUT2D eigenvalue weighted by atomic mass is 79.9. The smallest absolute Gasteiger partial charge is 0.272 e. The van der Waals surface area contributed by atoms with Crippen molar-refractivity contribution in [3.05, 3.63) is 62.9 Å². The Labute approximate surface area is 127 Å². The Morgan fingerprint density at radius 1 is 1.25 bits per heavy atom. The second-order valence-electron chi connectivity index (χ2n) is 3.87. The van der Waals surface area contributed by atoms with Crippen LogP contribution in [0.25, 0.3) is 0 Å². The summed E-state index contributed by atoms with van der Waals surface area (Å²) in [6.45, 7) is 0. The van der Waals surface area contributed by atoms with E-state index in [1.165, 1.54) is 12.1 Å². The topological polar surface area (TPSA) is 52.4 Å². The SMILES string of the molecule is O=[N+]([O-])c1ccc(Oc2ccc(CBr)cc2Cl)c(F)c1. The van der Waals surface area contributed by atoms with Gasteiger partial charge in [0.25, 0.3) is 5.69 Å². The van der Waals surface area contributed by atoms with Crippen LogP contribution >= 0.6 is 27.5 Å². The van der Waals surface area contributed by atoms with Crippen LogP contribution in [-0.2, 0) is 5.33 Å². The molecule has 0 aliphatic heterocycles. The normalized spacial score (nSPS) is 10.3. The van der Waals surface area contributed by atoms with Crippen molar-refractivity contribution in [3.8, 4) is 11.5 Å². The number of hydrogen-bond acceptors (Lipinski definition) is 3. The Hall–Kier alpha value is -1.66. The lowest BCUT2D eigenvalue weighted by Crippen LogP contribution is -1.93. The van der Waals surface area contributed by atoms with E-state index in [0.717, 1.165) is 11.6 Å². The van der Waals surface area contributed by atoms with Gasteiger partial charge in [0.1, 0.15) is 5.75 Å². The third-order valence-electron chi connectivity index (χ3n) is 2.50. The third kappa shape index (κ3) is 3.26. The van der Waals surface area contributed by atoms with Crippen molar-refractivity contribution in [3.63, 3.8) is 0 Å². The van der Waals surface area contributed by atoms with E-state index in [-0.39, 0.29) is 17.2 Å². The number of halogens is 3. The first-order chi connectivity index (χ1) is 9.51. The van der Waals surface area contributed by atoms with Gasteiger partial charge in [-0.3, -0.25) is 10.1 Å². The molecule has 0 N–H and O–H groups in total. The van der Waals surface area contributed by atoms with E-state index in [2.05, 4.69) is 15.9 Å². The molecule has 0 atom stereocenters. The maximum Gasteiger partial charge on any atom is 0.272 e. The summed E-state index contributed by atoms with van der Waals surface area (Å²) in [5.41, 5.74) is 0.613. The Morgan fingerprint density at radius 2 is 1.95 bits per heavy atom. The molecule has 4 nitrogen and oxygen atoms in total. The van der Waals surface area contributed by atoms with Gasteiger partial charge in [0, 0.05) is 11.4 Å². The summed E-state index contributed by atoms with van der Waals surface area (Å²) in [5.74, 6) is -0.659. The van der Waals surface area contributed by atoms with Crippen molar-refractivity contribution in [1.29, 1.82) is 0 Å². The quantitative estimate of drug-likeness (QED) is 0.434. The van der Waals surface area contributed by atoms with Gasteiger partial charge in [-0.2, -0.15) is 0 Å². The number of rotatable bonds is 4. The monoisotopic (exact) mass is 359 g/mol. The zero-order valence-electron chi connectivity index (χ0n) is 9.98. The lowest BCUT2D eigenvalue weighted by molar-refractivity contribution is -0.385. The summed E-state index contributed by atoms with van der Waals surface area (Å²) in [4.78, 5) is 9.84. The number of ether oxygens (including phenoxy) is 1. The summed E-state index contributed by atoms with van der Waals surface area (Å²) in [5, 5.41) is 11.5. The standard InChI is InChI=1S/C13H8BrClFNO3/c14-7-8-1-3-12(10(15)5-8)20-13-4-2-9(17(18)19)6-11(13)16/h1-6H,7H2. The summed E-state index contributed by atoms with van der Waals surface area (Å²) in [6, 6.07) is 8.24. The van der Waals surface area contributed by atoms with Crippen LogP contribution < -0.4 is 4.74 Å². The zero-order valence-corrected chi connectivity index (χ0v) is 12.3. The maximum absolute atomic E-state index is 13.7. The molecular formula is C13H8BrClFNO3. The highest BCUT2D eigenvalue weighted by molar-refractivity contribution is 9.08. The molecule has 0 aromatic heterocycles. The lowest BCUT2D eigenvalue weighted by Gasteiger charge is -2.09. The largest absolute Gasteiger partial charge is 0.453 e. The summed E-state index contributed by atoms with van der Waals surface area (Å²) in [6.07, 6.45) is 0. The number of nitrogens with zero attached hydrogens (tertiary/aromatic N) is 1. The second-order valence-corrected chi connectivity index (χ2v) is 4.84. The molecule has 0 saturated heterocycles. The zero-order chi connectivity index (χ0) is 14.7. The predicted octanol–water partition coefficient (Wildman–Crippen LogP) is 5.07. The van der Waals surface area contributed by atoms with E-state index < -0.39 is 10.7 Å². The Kier molecular flexibility index (Phi) is 4.57. The maximum atomic E-state index is 13.7. The minimum absolute atomic E-state index is 0.121. The van der Waals surface area contributed by atoms with Crippen molar-refractivity contribution >= 4 is 33.2 Å². The van der Waals surface area contributed by atoms with Crippen LogP contribution in [0.5, 0.6) is 11.5 Å². The number of hydrogen-bond donors (Lipinski definition) is 0. The van der Waals surface area contributed by atoms with E-state index in [4.69, 9.17) is 16.3 Å². The van der Waals surface area contributed by atoms with Gasteiger partial charge in [-0.05, 0) is 23.8 Å². The van der Waals surface area contributed by atoms with E-state index in [9.17, 15) is 14.5 Å². The summed E-state index contributed by atoms with van der Waals surface area (Å²) >= 11 is 9.31. The van der Waals surface area contributed by atoms with Gasteiger partial charge in [-0.25, -0.2) is 4.39 Å². The van der Waals surface area contributed by atoms with Crippen LogP contribution in [0.3, 0.4) is 0 Å². The van der Waals surface area contributed by atoms with Crippen molar-refractivity contribution in [2.75, 3.05) is 0 Å². The number of alkyl halides is 1. The van der Waals surface area contributed by atoms with Crippen molar-refractivity contribution in [2.24, 2.45) is 0 Å². The van der Waals surface area contributed by atoms with E-state index >= 15 is 0 Å². The fraction of sp³-hybridized carbons (Fsp3) is 0.0769. The van der Waals surface area contributed by atoms with E-state index in [1.807, 2.05) is 0 Å². The molecule has 0 spiro atoms. The molecule has 0 fully saturated rings. The second kappa shape index (κ2) is 6.19. The minimum Gasteiger partial charge on any atom is -0.453 e. The molecule has 2 rings (SSSR count). The Bertz CT molecular complexity index is 666. The number of nitro benzene ring substituents is 1. The number of nitro groups is 1. The number of non-ortho nitro benzene ring substituents is 1. The molecule has 0 amide bonds. The third-order valence-corrected chi connectivity index (χ3v) is 3.44. The molecule has 0 bridgehead atoms. The molecule has 20 heavy (non-hydrogen) atoms. The summed E-state index contributed by atoms with van der Waals surface area (Å²) in [7, 11) is 0. The molecular weight excluding hydrogens is 353 g/mol. The van der Waals surface area contributed by atoms with Crippen LogP contribution in [0.4, 0.5) is 10.1 Å². The van der Waals surface area contributed by atoms with Gasteiger partial charge < -0.3 is 4.74 Å². The van der Waals surface area contributed by atoms with Gasteiger partial charge in [0.05, 0.1) is 16.0 Å². The molecule has 0 radical (unpaired) electrons. The van der Waals surface area contributed by atoms with Crippen molar-refractivity contribution < 1.29 is 14.1 Å². The van der Waals surface area contributed by atoms with Gasteiger partial charge >= 0.3 is 0 Å². The minimum atomic E-state index is -0.820. The van der Waals surface area contributed by atoms with Crippen LogP contribution in [0.1, 0.15) is 5.56 Å². The molecule has 0 aliphatic carbocycles. The van der Waals surface area contributed by atoms with Gasteiger partial charge in [0.15, 0.2) is 11.6 Å². The molecule has 7 heteroatoms. The predicted molar refractivity (Wildman–Crippen MR) is 77.2 cm³/mol.